The minimum atomic E-state index is -0.0710. The van der Waals surface area contributed by atoms with Crippen LogP contribution < -0.4 is 10.1 Å². The Bertz CT molecular complexity index is 747. The molecular weight excluding hydrogens is 354 g/mol. The molecule has 0 radical (unpaired) electrons. The number of hydrogen-bond donors (Lipinski definition) is 1. The number of methoxy groups -OCH3 is 1. The van der Waals surface area contributed by atoms with Gasteiger partial charge < -0.3 is 15.0 Å². The summed E-state index contributed by atoms with van der Waals surface area (Å²) in [5.41, 5.74) is 1.54. The quantitative estimate of drug-likeness (QED) is 0.684. The van der Waals surface area contributed by atoms with Crippen LogP contribution in [0, 0.1) is 0 Å². The second-order valence-corrected chi connectivity index (χ2v) is 6.66. The molecule has 6 nitrogen and oxygen atoms in total. The maximum absolute atomic E-state index is 12.9. The van der Waals surface area contributed by atoms with Crippen LogP contribution in [0.2, 0.25) is 0 Å². The van der Waals surface area contributed by atoms with Gasteiger partial charge in [0.05, 0.1) is 7.11 Å². The van der Waals surface area contributed by atoms with Gasteiger partial charge in [-0.1, -0.05) is 13.0 Å². The molecule has 2 amide bonds. The van der Waals surface area contributed by atoms with Crippen LogP contribution >= 0.6 is 0 Å². The maximum Gasteiger partial charge on any atom is 0.254 e. The van der Waals surface area contributed by atoms with Crippen LogP contribution in [0.3, 0.4) is 0 Å². The normalized spacial score (nSPS) is 11.5. The van der Waals surface area contributed by atoms with Crippen molar-refractivity contribution in [1.82, 2.24) is 15.2 Å². The van der Waals surface area contributed by atoms with E-state index in [-0.39, 0.29) is 24.3 Å². The first-order valence-electron chi connectivity index (χ1n) is 9.66. The van der Waals surface area contributed by atoms with E-state index in [2.05, 4.69) is 10.3 Å². The number of amides is 2. The molecule has 1 unspecified atom stereocenters. The standard InChI is InChI=1S/C22H29N3O3/c1-4-17(2)25(22(27)18-8-10-20(28-3)11-9-18)16-13-21(26)24-15-12-19-7-5-6-14-23-19/h5-11,14,17H,4,12-13,15-16H2,1-3H3,(H,24,26). The SMILES string of the molecule is CCC(C)N(CCC(=O)NCCc1ccccn1)C(=O)c1ccc(OC)cc1. The number of ether oxygens (including phenoxy) is 1. The van der Waals surface area contributed by atoms with Crippen molar-refractivity contribution in [2.75, 3.05) is 20.2 Å². The van der Waals surface area contributed by atoms with Gasteiger partial charge in [-0.15, -0.1) is 0 Å². The Labute approximate surface area is 166 Å². The van der Waals surface area contributed by atoms with Crippen molar-refractivity contribution in [3.8, 4) is 5.75 Å². The fourth-order valence-electron chi connectivity index (χ4n) is 2.83. The van der Waals surface area contributed by atoms with Crippen molar-refractivity contribution in [2.24, 2.45) is 0 Å². The van der Waals surface area contributed by atoms with Crippen molar-refractivity contribution in [1.29, 1.82) is 0 Å². The lowest BCUT2D eigenvalue weighted by Gasteiger charge is -2.28. The predicted molar refractivity (Wildman–Crippen MR) is 109 cm³/mol. The zero-order valence-electron chi connectivity index (χ0n) is 16.9. The van der Waals surface area contributed by atoms with Gasteiger partial charge in [-0.25, -0.2) is 0 Å². The van der Waals surface area contributed by atoms with E-state index in [4.69, 9.17) is 4.74 Å². The monoisotopic (exact) mass is 383 g/mol. The van der Waals surface area contributed by atoms with E-state index in [1.165, 1.54) is 0 Å². The molecule has 1 aromatic carbocycles. The van der Waals surface area contributed by atoms with Crippen molar-refractivity contribution in [3.05, 3.63) is 59.9 Å². The number of pyridine rings is 1. The second kappa shape index (κ2) is 11.1. The van der Waals surface area contributed by atoms with Gasteiger partial charge in [-0.05, 0) is 49.7 Å². The highest BCUT2D eigenvalue weighted by Crippen LogP contribution is 2.15. The Morgan fingerprint density at radius 2 is 1.93 bits per heavy atom. The second-order valence-electron chi connectivity index (χ2n) is 6.66. The van der Waals surface area contributed by atoms with Crippen molar-refractivity contribution in [3.63, 3.8) is 0 Å². The zero-order valence-corrected chi connectivity index (χ0v) is 16.9. The Morgan fingerprint density at radius 3 is 2.54 bits per heavy atom. The molecule has 2 rings (SSSR count). The van der Waals surface area contributed by atoms with Gasteiger partial charge in [-0.2, -0.15) is 0 Å². The average molecular weight is 383 g/mol. The first-order valence-corrected chi connectivity index (χ1v) is 9.66. The summed E-state index contributed by atoms with van der Waals surface area (Å²) in [7, 11) is 1.59. The van der Waals surface area contributed by atoms with E-state index in [9.17, 15) is 9.59 Å². The van der Waals surface area contributed by atoms with E-state index in [0.717, 1.165) is 12.1 Å². The molecule has 0 saturated carbocycles. The molecule has 1 heterocycles. The first kappa shape index (κ1) is 21.4. The summed E-state index contributed by atoms with van der Waals surface area (Å²) in [4.78, 5) is 31.1. The third kappa shape index (κ3) is 6.37. The van der Waals surface area contributed by atoms with Gasteiger partial charge in [-0.3, -0.25) is 14.6 Å². The van der Waals surface area contributed by atoms with Crippen LogP contribution in [-0.4, -0.2) is 47.9 Å². The number of aromatic nitrogens is 1. The van der Waals surface area contributed by atoms with Gasteiger partial charge in [0.15, 0.2) is 0 Å². The van der Waals surface area contributed by atoms with Gasteiger partial charge >= 0.3 is 0 Å². The highest BCUT2D eigenvalue weighted by molar-refractivity contribution is 5.94. The number of benzene rings is 1. The van der Waals surface area contributed by atoms with E-state index in [1.54, 1.807) is 42.5 Å². The molecular formula is C22H29N3O3. The Kier molecular flexibility index (Phi) is 8.46. The topological polar surface area (TPSA) is 71.5 Å². The fourth-order valence-corrected chi connectivity index (χ4v) is 2.83. The number of rotatable bonds is 10. The number of nitrogens with zero attached hydrogens (tertiary/aromatic N) is 2. The summed E-state index contributed by atoms with van der Waals surface area (Å²) in [5.74, 6) is 0.573. The van der Waals surface area contributed by atoms with Crippen molar-refractivity contribution in [2.45, 2.75) is 39.2 Å². The zero-order chi connectivity index (χ0) is 20.4. The van der Waals surface area contributed by atoms with Crippen LogP contribution in [0.15, 0.2) is 48.7 Å². The molecule has 1 aromatic heterocycles. The Balaban J connectivity index is 1.88. The summed E-state index contributed by atoms with van der Waals surface area (Å²) in [5, 5.41) is 2.90. The maximum atomic E-state index is 12.9. The van der Waals surface area contributed by atoms with E-state index in [0.29, 0.717) is 30.8 Å². The third-order valence-electron chi connectivity index (χ3n) is 4.73. The molecule has 0 saturated heterocycles. The van der Waals surface area contributed by atoms with E-state index < -0.39 is 0 Å². The molecule has 6 heteroatoms. The summed E-state index contributed by atoms with van der Waals surface area (Å²) in [6, 6.07) is 12.8. The molecule has 28 heavy (non-hydrogen) atoms. The largest absolute Gasteiger partial charge is 0.497 e. The van der Waals surface area contributed by atoms with Crippen LogP contribution in [-0.2, 0) is 11.2 Å². The molecule has 2 aromatic rings. The molecule has 0 bridgehead atoms. The summed E-state index contributed by atoms with van der Waals surface area (Å²) in [6.45, 7) is 4.95. The highest BCUT2D eigenvalue weighted by atomic mass is 16.5. The summed E-state index contributed by atoms with van der Waals surface area (Å²) in [6.07, 6.45) is 3.52. The average Bonchev–Trinajstić information content (AvgIpc) is 2.74. The molecule has 0 aliphatic carbocycles. The van der Waals surface area contributed by atoms with Crippen LogP contribution in [0.5, 0.6) is 5.75 Å². The van der Waals surface area contributed by atoms with Crippen molar-refractivity contribution < 1.29 is 14.3 Å². The minimum Gasteiger partial charge on any atom is -0.497 e. The lowest BCUT2D eigenvalue weighted by molar-refractivity contribution is -0.121. The van der Waals surface area contributed by atoms with Gasteiger partial charge in [0.25, 0.3) is 5.91 Å². The Morgan fingerprint density at radius 1 is 1.18 bits per heavy atom. The van der Waals surface area contributed by atoms with E-state index >= 15 is 0 Å². The number of hydrogen-bond acceptors (Lipinski definition) is 4. The summed E-state index contributed by atoms with van der Waals surface area (Å²) < 4.78 is 5.14. The van der Waals surface area contributed by atoms with E-state index in [1.807, 2.05) is 32.0 Å². The first-order chi connectivity index (χ1) is 13.5. The van der Waals surface area contributed by atoms with Crippen LogP contribution in [0.1, 0.15) is 42.7 Å². The number of nitrogens with one attached hydrogen (secondary N) is 1. The molecule has 0 aliphatic rings. The number of carbonyl (C=O) groups excluding carboxylic acids is 2. The molecule has 0 fully saturated rings. The molecule has 1 N–H and O–H groups in total. The van der Waals surface area contributed by atoms with Crippen LogP contribution in [0.25, 0.3) is 0 Å². The van der Waals surface area contributed by atoms with Gasteiger partial charge in [0, 0.05) is 49.4 Å². The molecule has 0 aliphatic heterocycles. The van der Waals surface area contributed by atoms with Gasteiger partial charge in [0.2, 0.25) is 5.91 Å². The third-order valence-corrected chi connectivity index (χ3v) is 4.73. The molecule has 150 valence electrons. The Hall–Kier alpha value is -2.89. The lowest BCUT2D eigenvalue weighted by atomic mass is 10.1. The molecule has 0 spiro atoms. The number of carbonyl (C=O) groups is 2. The van der Waals surface area contributed by atoms with Gasteiger partial charge in [0.1, 0.15) is 5.75 Å². The minimum absolute atomic E-state index is 0.0518. The highest BCUT2D eigenvalue weighted by Gasteiger charge is 2.21. The predicted octanol–water partition coefficient (Wildman–Crippen LogP) is 3.08. The fraction of sp³-hybridized carbons (Fsp3) is 0.409. The molecule has 1 atom stereocenters. The van der Waals surface area contributed by atoms with Crippen molar-refractivity contribution >= 4 is 11.8 Å². The summed E-state index contributed by atoms with van der Waals surface area (Å²) >= 11 is 0. The van der Waals surface area contributed by atoms with Crippen LogP contribution in [0.4, 0.5) is 0 Å². The lowest BCUT2D eigenvalue weighted by Crippen LogP contribution is -2.41. The smallest absolute Gasteiger partial charge is 0.254 e.